The van der Waals surface area contributed by atoms with E-state index in [4.69, 9.17) is 9.47 Å². The smallest absolute Gasteiger partial charge is 0.317 e. The van der Waals surface area contributed by atoms with Crippen molar-refractivity contribution in [2.24, 2.45) is 10.8 Å². The number of fused-ring (bicyclic) bond motifs is 2. The van der Waals surface area contributed by atoms with Crippen LogP contribution in [0.25, 0.3) is 6.08 Å². The van der Waals surface area contributed by atoms with Gasteiger partial charge < -0.3 is 14.8 Å². The number of aromatic nitrogens is 2. The van der Waals surface area contributed by atoms with Gasteiger partial charge in [0.1, 0.15) is 12.0 Å². The Morgan fingerprint density at radius 1 is 1.50 bits per heavy atom. The van der Waals surface area contributed by atoms with Gasteiger partial charge in [-0.15, -0.1) is 0 Å². The first-order valence-corrected chi connectivity index (χ1v) is 7.80. The summed E-state index contributed by atoms with van der Waals surface area (Å²) < 4.78 is 10.9. The van der Waals surface area contributed by atoms with Crippen molar-refractivity contribution in [3.63, 3.8) is 0 Å². The van der Waals surface area contributed by atoms with Crippen molar-refractivity contribution in [1.29, 1.82) is 0 Å². The Labute approximate surface area is 129 Å². The van der Waals surface area contributed by atoms with Crippen LogP contribution >= 0.6 is 0 Å². The molecule has 1 aliphatic carbocycles. The molecule has 1 unspecified atom stereocenters. The summed E-state index contributed by atoms with van der Waals surface area (Å²) in [6.07, 6.45) is 5.42. The zero-order chi connectivity index (χ0) is 15.2. The Balaban J connectivity index is 1.58. The zero-order valence-corrected chi connectivity index (χ0v) is 12.8. The molecule has 2 fully saturated rings. The minimum atomic E-state index is -0.573. The summed E-state index contributed by atoms with van der Waals surface area (Å²) in [4.78, 5) is 12.9. The number of rotatable bonds is 3. The number of carbonyl (C=O) groups excluding carboxylic acids is 1. The monoisotopic (exact) mass is 303 g/mol. The highest BCUT2D eigenvalue weighted by atomic mass is 16.5. The van der Waals surface area contributed by atoms with Crippen molar-refractivity contribution < 1.29 is 14.3 Å². The van der Waals surface area contributed by atoms with Crippen LogP contribution in [0.5, 0.6) is 0 Å². The number of esters is 1. The van der Waals surface area contributed by atoms with Crippen molar-refractivity contribution >= 4 is 12.0 Å². The molecule has 1 atom stereocenters. The van der Waals surface area contributed by atoms with Crippen LogP contribution in [-0.4, -0.2) is 49.1 Å². The normalized spacial score (nSPS) is 28.9. The molecule has 0 radical (unpaired) electrons. The first-order valence-electron chi connectivity index (χ1n) is 7.80. The molecule has 4 rings (SSSR count). The van der Waals surface area contributed by atoms with Crippen molar-refractivity contribution in [2.45, 2.75) is 19.8 Å². The van der Waals surface area contributed by atoms with Crippen molar-refractivity contribution in [2.75, 3.05) is 32.9 Å². The Morgan fingerprint density at radius 3 is 3.14 bits per heavy atom. The number of H-pyrrole nitrogens is 1. The summed E-state index contributed by atoms with van der Waals surface area (Å²) in [6, 6.07) is 0. The van der Waals surface area contributed by atoms with Crippen LogP contribution in [0, 0.1) is 10.8 Å². The number of nitrogens with zero attached hydrogens (tertiary/aromatic N) is 1. The van der Waals surface area contributed by atoms with Gasteiger partial charge in [-0.3, -0.25) is 9.89 Å². The maximum Gasteiger partial charge on any atom is 0.317 e. The lowest BCUT2D eigenvalue weighted by Crippen LogP contribution is -2.52. The van der Waals surface area contributed by atoms with Crippen LogP contribution in [0.2, 0.25) is 0 Å². The number of hydrogen-bond donors (Lipinski definition) is 2. The van der Waals surface area contributed by atoms with Crippen molar-refractivity contribution in [1.82, 2.24) is 15.5 Å². The fourth-order valence-electron chi connectivity index (χ4n) is 3.54. The maximum atomic E-state index is 12.9. The quantitative estimate of drug-likeness (QED) is 0.812. The third kappa shape index (κ3) is 2.09. The number of carbonyl (C=O) groups is 1. The molecule has 22 heavy (non-hydrogen) atoms. The van der Waals surface area contributed by atoms with Crippen LogP contribution in [0.3, 0.4) is 0 Å². The number of piperidine rings is 1. The molecular weight excluding hydrogens is 282 g/mol. The molecular formula is C16H21N3O3. The van der Waals surface area contributed by atoms with Gasteiger partial charge in [-0.2, -0.15) is 5.10 Å². The van der Waals surface area contributed by atoms with E-state index in [2.05, 4.69) is 28.5 Å². The summed E-state index contributed by atoms with van der Waals surface area (Å²) in [5.41, 5.74) is 2.68. The van der Waals surface area contributed by atoms with Crippen molar-refractivity contribution in [3.05, 3.63) is 23.0 Å². The summed E-state index contributed by atoms with van der Waals surface area (Å²) in [5, 5.41) is 10.5. The lowest BCUT2D eigenvalue weighted by Gasteiger charge is -2.42. The van der Waals surface area contributed by atoms with Crippen LogP contribution < -0.4 is 5.32 Å². The average Bonchev–Trinajstić information content (AvgIpc) is 2.95. The van der Waals surface area contributed by atoms with Gasteiger partial charge in [0.2, 0.25) is 0 Å². The molecule has 1 aromatic rings. The molecule has 0 spiro atoms. The maximum absolute atomic E-state index is 12.9. The second kappa shape index (κ2) is 4.93. The predicted octanol–water partition coefficient (Wildman–Crippen LogP) is 0.909. The third-order valence-corrected chi connectivity index (χ3v) is 5.02. The number of ether oxygens (including phenoxy) is 2. The average molecular weight is 303 g/mol. The summed E-state index contributed by atoms with van der Waals surface area (Å²) in [5.74, 6) is -0.120. The molecule has 0 saturated carbocycles. The van der Waals surface area contributed by atoms with E-state index in [-0.39, 0.29) is 11.4 Å². The molecule has 0 amide bonds. The van der Waals surface area contributed by atoms with Crippen LogP contribution in [0.15, 0.2) is 11.8 Å². The molecule has 3 heterocycles. The lowest BCUT2D eigenvalue weighted by molar-refractivity contribution is -0.173. The fourth-order valence-corrected chi connectivity index (χ4v) is 3.54. The van der Waals surface area contributed by atoms with Gasteiger partial charge in [-0.05, 0) is 36.6 Å². The Morgan fingerprint density at radius 2 is 2.36 bits per heavy atom. The standard InChI is InChI=1S/C16H21N3O3/c1-15(8-21-9-15)10-22-14(20)16-5-11-6-18-19-13(11)4-12(16)2-3-17-7-16/h4,6,17H,2-3,5,7-10H2,1H3,(H,18,19). The number of nitrogens with one attached hydrogen (secondary N) is 2. The summed E-state index contributed by atoms with van der Waals surface area (Å²) >= 11 is 0. The highest BCUT2D eigenvalue weighted by molar-refractivity contribution is 5.85. The summed E-state index contributed by atoms with van der Waals surface area (Å²) in [7, 11) is 0. The second-order valence-electron chi connectivity index (χ2n) is 7.04. The van der Waals surface area contributed by atoms with Gasteiger partial charge in [0.05, 0.1) is 25.1 Å². The summed E-state index contributed by atoms with van der Waals surface area (Å²) in [6.45, 7) is 5.39. The van der Waals surface area contributed by atoms with Gasteiger partial charge in [0, 0.05) is 12.0 Å². The van der Waals surface area contributed by atoms with Crippen LogP contribution in [-0.2, 0) is 20.7 Å². The van der Waals surface area contributed by atoms with Crippen LogP contribution in [0.1, 0.15) is 24.6 Å². The molecule has 2 saturated heterocycles. The predicted molar refractivity (Wildman–Crippen MR) is 80.1 cm³/mol. The molecule has 118 valence electrons. The van der Waals surface area contributed by atoms with E-state index in [0.717, 1.165) is 29.8 Å². The van der Waals surface area contributed by atoms with E-state index in [1.165, 1.54) is 0 Å². The molecule has 6 nitrogen and oxygen atoms in total. The highest BCUT2D eigenvalue weighted by Gasteiger charge is 2.48. The largest absolute Gasteiger partial charge is 0.464 e. The fraction of sp³-hybridized carbons (Fsp3) is 0.625. The SMILES string of the molecule is CC1(COC(=O)C23CNCCC2=Cc2[nH]ncc2C3)COC1. The molecule has 0 bridgehead atoms. The Bertz CT molecular complexity index is 632. The molecule has 6 heteroatoms. The Hall–Kier alpha value is -1.66. The second-order valence-corrected chi connectivity index (χ2v) is 7.04. The molecule has 3 aliphatic rings. The van der Waals surface area contributed by atoms with E-state index in [0.29, 0.717) is 32.8 Å². The van der Waals surface area contributed by atoms with E-state index >= 15 is 0 Å². The van der Waals surface area contributed by atoms with E-state index in [1.807, 2.05) is 6.20 Å². The van der Waals surface area contributed by atoms with Gasteiger partial charge in [0.25, 0.3) is 0 Å². The van der Waals surface area contributed by atoms with Gasteiger partial charge >= 0.3 is 5.97 Å². The van der Waals surface area contributed by atoms with E-state index in [1.54, 1.807) is 0 Å². The minimum Gasteiger partial charge on any atom is -0.464 e. The van der Waals surface area contributed by atoms with Gasteiger partial charge in [-0.1, -0.05) is 6.92 Å². The first-order chi connectivity index (χ1) is 10.6. The molecule has 2 N–H and O–H groups in total. The minimum absolute atomic E-state index is 0.0201. The lowest BCUT2D eigenvalue weighted by atomic mass is 9.69. The molecule has 1 aromatic heterocycles. The molecule has 2 aliphatic heterocycles. The number of aromatic amines is 1. The van der Waals surface area contributed by atoms with E-state index < -0.39 is 5.41 Å². The van der Waals surface area contributed by atoms with Crippen LogP contribution in [0.4, 0.5) is 0 Å². The first kappa shape index (κ1) is 14.0. The Kier molecular flexibility index (Phi) is 3.13. The van der Waals surface area contributed by atoms with Gasteiger partial charge in [0.15, 0.2) is 0 Å². The topological polar surface area (TPSA) is 76.2 Å². The van der Waals surface area contributed by atoms with Crippen molar-refractivity contribution in [3.8, 4) is 0 Å². The van der Waals surface area contributed by atoms with Gasteiger partial charge in [-0.25, -0.2) is 0 Å². The molecule has 0 aromatic carbocycles. The number of hydrogen-bond acceptors (Lipinski definition) is 5. The highest BCUT2D eigenvalue weighted by Crippen LogP contribution is 2.42. The zero-order valence-electron chi connectivity index (χ0n) is 12.8. The van der Waals surface area contributed by atoms with E-state index in [9.17, 15) is 4.79 Å². The third-order valence-electron chi connectivity index (χ3n) is 5.02.